The second-order valence-electron chi connectivity index (χ2n) is 5.82. The lowest BCUT2D eigenvalue weighted by Crippen LogP contribution is -2.13. The molecule has 0 aliphatic carbocycles. The molecule has 0 amide bonds. The highest BCUT2D eigenvalue weighted by molar-refractivity contribution is 9.10. The van der Waals surface area contributed by atoms with E-state index in [1.54, 1.807) is 12.1 Å². The van der Waals surface area contributed by atoms with Crippen molar-refractivity contribution >= 4 is 43.5 Å². The number of hydrogen-bond acceptors (Lipinski definition) is 7. The molecule has 4 N–H and O–H groups in total. The van der Waals surface area contributed by atoms with Crippen molar-refractivity contribution in [1.29, 1.82) is 0 Å². The maximum absolute atomic E-state index is 11.4. The van der Waals surface area contributed by atoms with Crippen LogP contribution in [-0.2, 0) is 16.6 Å². The monoisotopic (exact) mass is 448 g/mol. The van der Waals surface area contributed by atoms with E-state index in [0.717, 1.165) is 21.3 Å². The Bertz CT molecular complexity index is 1050. The van der Waals surface area contributed by atoms with Gasteiger partial charge in [0.1, 0.15) is 6.33 Å². The lowest BCUT2D eigenvalue weighted by atomic mass is 10.2. The summed E-state index contributed by atoms with van der Waals surface area (Å²) < 4.78 is 23.8. The molecule has 0 spiro atoms. The second kappa shape index (κ2) is 7.99. The summed E-state index contributed by atoms with van der Waals surface area (Å²) in [6.07, 6.45) is 1.39. The number of anilines is 3. The van der Waals surface area contributed by atoms with Gasteiger partial charge in [-0.05, 0) is 48.4 Å². The van der Waals surface area contributed by atoms with Gasteiger partial charge in [0.2, 0.25) is 21.9 Å². The van der Waals surface area contributed by atoms with Gasteiger partial charge < -0.3 is 10.6 Å². The van der Waals surface area contributed by atoms with Crippen LogP contribution < -0.4 is 15.8 Å². The van der Waals surface area contributed by atoms with Gasteiger partial charge in [-0.25, -0.2) is 23.5 Å². The minimum atomic E-state index is -3.74. The molecule has 1 aromatic heterocycles. The highest BCUT2D eigenvalue weighted by Gasteiger charge is 2.08. The van der Waals surface area contributed by atoms with E-state index < -0.39 is 10.0 Å². The molecule has 10 heteroatoms. The van der Waals surface area contributed by atoms with E-state index in [2.05, 4.69) is 41.5 Å². The third kappa shape index (κ3) is 5.46. The minimum absolute atomic E-state index is 0.0600. The summed E-state index contributed by atoms with van der Waals surface area (Å²) in [5.41, 5.74) is 2.67. The SMILES string of the molecule is Cc1cc(Br)cc(Nc2ncnc(NCc3cccc(S(N)(=O)=O)c3)n2)c1. The summed E-state index contributed by atoms with van der Waals surface area (Å²) in [4.78, 5) is 12.6. The van der Waals surface area contributed by atoms with Crippen molar-refractivity contribution in [3.8, 4) is 0 Å². The Balaban J connectivity index is 1.71. The first-order valence-corrected chi connectivity index (χ1v) is 10.2. The Labute approximate surface area is 165 Å². The predicted octanol–water partition coefficient (Wildman–Crippen LogP) is 2.95. The summed E-state index contributed by atoms with van der Waals surface area (Å²) in [6, 6.07) is 12.3. The number of aromatic nitrogens is 3. The van der Waals surface area contributed by atoms with Gasteiger partial charge in [-0.3, -0.25) is 0 Å². The third-order valence-electron chi connectivity index (χ3n) is 3.55. The molecule has 3 aromatic rings. The van der Waals surface area contributed by atoms with Crippen LogP contribution >= 0.6 is 15.9 Å². The molecule has 1 heterocycles. The fourth-order valence-corrected chi connectivity index (χ4v) is 3.58. The molecule has 3 rings (SSSR count). The van der Waals surface area contributed by atoms with Crippen molar-refractivity contribution < 1.29 is 8.42 Å². The van der Waals surface area contributed by atoms with Crippen LogP contribution in [0, 0.1) is 6.92 Å². The first-order chi connectivity index (χ1) is 12.8. The molecule has 8 nitrogen and oxygen atoms in total. The molecule has 0 radical (unpaired) electrons. The van der Waals surface area contributed by atoms with E-state index in [-0.39, 0.29) is 4.90 Å². The van der Waals surface area contributed by atoms with Gasteiger partial charge in [0, 0.05) is 16.7 Å². The smallest absolute Gasteiger partial charge is 0.238 e. The van der Waals surface area contributed by atoms with Crippen molar-refractivity contribution in [2.75, 3.05) is 10.6 Å². The predicted molar refractivity (Wildman–Crippen MR) is 107 cm³/mol. The number of sulfonamides is 1. The zero-order valence-electron chi connectivity index (χ0n) is 14.3. The number of aryl methyl sites for hydroxylation is 1. The first kappa shape index (κ1) is 19.2. The molecule has 0 fully saturated rings. The zero-order valence-corrected chi connectivity index (χ0v) is 16.8. The quantitative estimate of drug-likeness (QED) is 0.529. The van der Waals surface area contributed by atoms with Crippen LogP contribution in [0.15, 0.2) is 58.2 Å². The van der Waals surface area contributed by atoms with E-state index in [4.69, 9.17) is 5.14 Å². The molecule has 2 aromatic carbocycles. The number of nitrogens with one attached hydrogen (secondary N) is 2. The number of halogens is 1. The van der Waals surface area contributed by atoms with Crippen LogP contribution in [-0.4, -0.2) is 23.4 Å². The topological polar surface area (TPSA) is 123 Å². The minimum Gasteiger partial charge on any atom is -0.350 e. The molecule has 0 aliphatic heterocycles. The summed E-state index contributed by atoms with van der Waals surface area (Å²) in [6.45, 7) is 2.33. The molecular formula is C17H17BrN6O2S. The Kier molecular flexibility index (Phi) is 5.68. The first-order valence-electron chi connectivity index (χ1n) is 7.88. The number of hydrogen-bond donors (Lipinski definition) is 3. The van der Waals surface area contributed by atoms with Gasteiger partial charge in [-0.15, -0.1) is 0 Å². The molecule has 0 saturated heterocycles. The standard InChI is InChI=1S/C17H17BrN6O2S/c1-11-5-13(18)8-14(6-11)23-17-22-10-21-16(24-17)20-9-12-3-2-4-15(7-12)27(19,25)26/h2-8,10H,9H2,1H3,(H2,19,25,26)(H2,20,21,22,23,24). The van der Waals surface area contributed by atoms with Gasteiger partial charge >= 0.3 is 0 Å². The summed E-state index contributed by atoms with van der Waals surface area (Å²) >= 11 is 3.45. The van der Waals surface area contributed by atoms with E-state index in [9.17, 15) is 8.42 Å². The largest absolute Gasteiger partial charge is 0.350 e. The van der Waals surface area contributed by atoms with Crippen LogP contribution in [0.4, 0.5) is 17.6 Å². The van der Waals surface area contributed by atoms with Crippen molar-refractivity contribution in [2.24, 2.45) is 5.14 Å². The average molecular weight is 449 g/mol. The lowest BCUT2D eigenvalue weighted by molar-refractivity contribution is 0.597. The molecule has 0 bridgehead atoms. The molecule has 0 atom stereocenters. The number of nitrogens with two attached hydrogens (primary N) is 1. The Morgan fingerprint density at radius 1 is 1.11 bits per heavy atom. The molecule has 0 aliphatic rings. The van der Waals surface area contributed by atoms with Gasteiger partial charge in [0.05, 0.1) is 4.90 Å². The number of primary sulfonamides is 1. The Morgan fingerprint density at radius 2 is 1.89 bits per heavy atom. The van der Waals surface area contributed by atoms with Gasteiger partial charge in [0.25, 0.3) is 0 Å². The fourth-order valence-electron chi connectivity index (χ4n) is 2.39. The highest BCUT2D eigenvalue weighted by atomic mass is 79.9. The molecule has 0 unspecified atom stereocenters. The van der Waals surface area contributed by atoms with Crippen LogP contribution in [0.2, 0.25) is 0 Å². The number of rotatable bonds is 6. The zero-order chi connectivity index (χ0) is 19.4. The van der Waals surface area contributed by atoms with Gasteiger partial charge in [-0.2, -0.15) is 4.98 Å². The third-order valence-corrected chi connectivity index (χ3v) is 4.92. The van der Waals surface area contributed by atoms with E-state index in [0.29, 0.717) is 18.4 Å². The lowest BCUT2D eigenvalue weighted by Gasteiger charge is -2.09. The van der Waals surface area contributed by atoms with E-state index >= 15 is 0 Å². The summed E-state index contributed by atoms with van der Waals surface area (Å²) in [5, 5.41) is 11.3. The van der Waals surface area contributed by atoms with Crippen molar-refractivity contribution in [1.82, 2.24) is 15.0 Å². The van der Waals surface area contributed by atoms with Crippen LogP contribution in [0.3, 0.4) is 0 Å². The maximum Gasteiger partial charge on any atom is 0.238 e. The number of nitrogens with zero attached hydrogens (tertiary/aromatic N) is 3. The molecule has 140 valence electrons. The second-order valence-corrected chi connectivity index (χ2v) is 8.30. The summed E-state index contributed by atoms with van der Waals surface area (Å²) in [7, 11) is -3.74. The van der Waals surface area contributed by atoms with Gasteiger partial charge in [-0.1, -0.05) is 28.1 Å². The van der Waals surface area contributed by atoms with Gasteiger partial charge in [0.15, 0.2) is 0 Å². The molecular weight excluding hydrogens is 432 g/mol. The van der Waals surface area contributed by atoms with E-state index in [1.807, 2.05) is 25.1 Å². The van der Waals surface area contributed by atoms with Crippen LogP contribution in [0.5, 0.6) is 0 Å². The average Bonchev–Trinajstić information content (AvgIpc) is 2.59. The Hall–Kier alpha value is -2.56. The van der Waals surface area contributed by atoms with Crippen molar-refractivity contribution in [3.63, 3.8) is 0 Å². The summed E-state index contributed by atoms with van der Waals surface area (Å²) in [5.74, 6) is 0.753. The van der Waals surface area contributed by atoms with Crippen molar-refractivity contribution in [3.05, 3.63) is 64.4 Å². The van der Waals surface area contributed by atoms with Crippen LogP contribution in [0.25, 0.3) is 0 Å². The van der Waals surface area contributed by atoms with Crippen molar-refractivity contribution in [2.45, 2.75) is 18.4 Å². The molecule has 27 heavy (non-hydrogen) atoms. The molecule has 0 saturated carbocycles. The van der Waals surface area contributed by atoms with Crippen LogP contribution in [0.1, 0.15) is 11.1 Å². The highest BCUT2D eigenvalue weighted by Crippen LogP contribution is 2.21. The fraction of sp³-hybridized carbons (Fsp3) is 0.118. The number of benzene rings is 2. The Morgan fingerprint density at radius 3 is 2.63 bits per heavy atom. The normalized spacial score (nSPS) is 11.2. The van der Waals surface area contributed by atoms with E-state index in [1.165, 1.54) is 18.5 Å². The maximum atomic E-state index is 11.4.